The highest BCUT2D eigenvalue weighted by atomic mass is 19.1. The molecule has 2 aromatic carbocycles. The maximum atomic E-state index is 13.8. The topological polar surface area (TPSA) is 64.3 Å². The van der Waals surface area contributed by atoms with E-state index in [0.29, 0.717) is 11.4 Å². The van der Waals surface area contributed by atoms with E-state index in [-0.39, 0.29) is 0 Å². The summed E-state index contributed by atoms with van der Waals surface area (Å²) in [6.07, 6.45) is 0. The normalized spacial score (nSPS) is 11.8. The molecule has 0 heterocycles. The third kappa shape index (κ3) is 3.28. The van der Waals surface area contributed by atoms with Gasteiger partial charge in [0.05, 0.1) is 12.7 Å². The Hall–Kier alpha value is -2.63. The molecule has 2 rings (SSSR count). The number of primary amides is 1. The predicted octanol–water partition coefficient (Wildman–Crippen LogP) is 2.61. The van der Waals surface area contributed by atoms with Gasteiger partial charge in [-0.15, -0.1) is 0 Å². The number of carbonyl (C=O) groups is 1. The second-order valence-corrected chi connectivity index (χ2v) is 4.34. The minimum absolute atomic E-state index is 0.402. The van der Waals surface area contributed by atoms with Crippen molar-refractivity contribution in [3.63, 3.8) is 0 Å². The summed E-state index contributed by atoms with van der Waals surface area (Å²) in [7, 11) is 1.52. The van der Waals surface area contributed by atoms with Crippen LogP contribution in [0.3, 0.4) is 0 Å². The Balaban J connectivity index is 2.33. The van der Waals surface area contributed by atoms with Gasteiger partial charge in [0.25, 0.3) is 0 Å². The Bertz CT molecular complexity index is 624. The summed E-state index contributed by atoms with van der Waals surface area (Å²) in [5.41, 5.74) is 5.34. The lowest BCUT2D eigenvalue weighted by atomic mass is 10.0. The van der Waals surface area contributed by atoms with Crippen LogP contribution >= 0.6 is 0 Å². The highest BCUT2D eigenvalue weighted by Gasteiger charge is 2.24. The first-order valence-corrected chi connectivity index (χ1v) is 6.16. The largest absolute Gasteiger partial charge is 0.497 e. The Morgan fingerprint density at radius 3 is 2.19 bits per heavy atom. The van der Waals surface area contributed by atoms with E-state index in [9.17, 15) is 13.6 Å². The van der Waals surface area contributed by atoms with Crippen molar-refractivity contribution in [1.29, 1.82) is 0 Å². The van der Waals surface area contributed by atoms with Gasteiger partial charge in [-0.25, -0.2) is 8.78 Å². The van der Waals surface area contributed by atoms with E-state index in [1.807, 2.05) is 0 Å². The van der Waals surface area contributed by atoms with E-state index < -0.39 is 29.1 Å². The Morgan fingerprint density at radius 1 is 1.14 bits per heavy atom. The first-order valence-electron chi connectivity index (χ1n) is 6.16. The Morgan fingerprint density at radius 2 is 1.71 bits per heavy atom. The summed E-state index contributed by atoms with van der Waals surface area (Å²) in [5.74, 6) is -1.93. The Kier molecular flexibility index (Phi) is 4.37. The highest BCUT2D eigenvalue weighted by molar-refractivity contribution is 5.84. The van der Waals surface area contributed by atoms with Crippen molar-refractivity contribution >= 4 is 11.6 Å². The zero-order chi connectivity index (χ0) is 15.4. The van der Waals surface area contributed by atoms with Gasteiger partial charge >= 0.3 is 0 Å². The summed E-state index contributed by atoms with van der Waals surface area (Å²) in [4.78, 5) is 11.5. The van der Waals surface area contributed by atoms with E-state index in [4.69, 9.17) is 10.5 Å². The third-order valence-electron chi connectivity index (χ3n) is 2.97. The minimum atomic E-state index is -1.31. The van der Waals surface area contributed by atoms with Crippen LogP contribution in [-0.2, 0) is 4.79 Å². The van der Waals surface area contributed by atoms with E-state index >= 15 is 0 Å². The fourth-order valence-electron chi connectivity index (χ4n) is 1.93. The van der Waals surface area contributed by atoms with Gasteiger partial charge in [-0.1, -0.05) is 6.07 Å². The van der Waals surface area contributed by atoms with E-state index in [1.165, 1.54) is 13.2 Å². The standard InChI is InChI=1S/C15H14F2N2O2/c1-21-10-7-5-9(6-8-10)19-14(15(18)20)13-11(16)3-2-4-12(13)17/h2-8,14,19H,1H3,(H2,18,20). The summed E-state index contributed by atoms with van der Waals surface area (Å²) in [5, 5.41) is 2.72. The molecule has 6 heteroatoms. The number of hydrogen-bond donors (Lipinski definition) is 2. The lowest BCUT2D eigenvalue weighted by molar-refractivity contribution is -0.119. The average Bonchev–Trinajstić information content (AvgIpc) is 2.46. The van der Waals surface area contributed by atoms with Crippen molar-refractivity contribution < 1.29 is 18.3 Å². The maximum absolute atomic E-state index is 13.8. The summed E-state index contributed by atoms with van der Waals surface area (Å²) >= 11 is 0. The number of halogens is 2. The molecule has 2 aromatic rings. The van der Waals surface area contributed by atoms with Crippen LogP contribution in [0, 0.1) is 11.6 Å². The number of amides is 1. The van der Waals surface area contributed by atoms with Crippen LogP contribution in [0.4, 0.5) is 14.5 Å². The maximum Gasteiger partial charge on any atom is 0.244 e. The summed E-state index contributed by atoms with van der Waals surface area (Å²) < 4.78 is 32.6. The van der Waals surface area contributed by atoms with Crippen molar-refractivity contribution in [1.82, 2.24) is 0 Å². The second kappa shape index (κ2) is 6.21. The smallest absolute Gasteiger partial charge is 0.244 e. The monoisotopic (exact) mass is 292 g/mol. The van der Waals surface area contributed by atoms with Gasteiger partial charge in [-0.3, -0.25) is 4.79 Å². The molecule has 0 saturated carbocycles. The molecular formula is C15H14F2N2O2. The molecule has 4 nitrogen and oxygen atoms in total. The van der Waals surface area contributed by atoms with Crippen LogP contribution in [0.2, 0.25) is 0 Å². The molecular weight excluding hydrogens is 278 g/mol. The fourth-order valence-corrected chi connectivity index (χ4v) is 1.93. The van der Waals surface area contributed by atoms with Crippen LogP contribution in [0.5, 0.6) is 5.75 Å². The van der Waals surface area contributed by atoms with Gasteiger partial charge in [-0.2, -0.15) is 0 Å². The quantitative estimate of drug-likeness (QED) is 0.890. The number of anilines is 1. The first kappa shape index (κ1) is 14.8. The molecule has 0 aliphatic rings. The molecule has 1 amide bonds. The van der Waals surface area contributed by atoms with Crippen molar-refractivity contribution in [3.8, 4) is 5.75 Å². The van der Waals surface area contributed by atoms with Gasteiger partial charge < -0.3 is 15.8 Å². The molecule has 0 bridgehead atoms. The van der Waals surface area contributed by atoms with Crippen molar-refractivity contribution in [2.75, 3.05) is 12.4 Å². The van der Waals surface area contributed by atoms with Crippen LogP contribution in [0.25, 0.3) is 0 Å². The molecule has 0 radical (unpaired) electrons. The van der Waals surface area contributed by atoms with Gasteiger partial charge in [0.1, 0.15) is 23.4 Å². The number of carbonyl (C=O) groups excluding carboxylic acids is 1. The molecule has 21 heavy (non-hydrogen) atoms. The molecule has 0 aromatic heterocycles. The molecule has 110 valence electrons. The van der Waals surface area contributed by atoms with E-state index in [0.717, 1.165) is 12.1 Å². The fraction of sp³-hybridized carbons (Fsp3) is 0.133. The molecule has 0 aliphatic heterocycles. The number of methoxy groups -OCH3 is 1. The van der Waals surface area contributed by atoms with Crippen LogP contribution < -0.4 is 15.8 Å². The average molecular weight is 292 g/mol. The molecule has 0 aliphatic carbocycles. The van der Waals surface area contributed by atoms with Crippen molar-refractivity contribution in [2.45, 2.75) is 6.04 Å². The van der Waals surface area contributed by atoms with Gasteiger partial charge in [0, 0.05) is 5.69 Å². The summed E-state index contributed by atoms with van der Waals surface area (Å²) in [6.45, 7) is 0. The lowest BCUT2D eigenvalue weighted by Gasteiger charge is -2.18. The van der Waals surface area contributed by atoms with Crippen LogP contribution in [0.1, 0.15) is 11.6 Å². The van der Waals surface area contributed by atoms with Gasteiger partial charge in [-0.05, 0) is 36.4 Å². The lowest BCUT2D eigenvalue weighted by Crippen LogP contribution is -2.29. The number of nitrogens with one attached hydrogen (secondary N) is 1. The van der Waals surface area contributed by atoms with Gasteiger partial charge in [0.2, 0.25) is 5.91 Å². The minimum Gasteiger partial charge on any atom is -0.497 e. The molecule has 3 N–H and O–H groups in total. The summed E-state index contributed by atoms with van der Waals surface area (Å²) in [6, 6.07) is 8.60. The van der Waals surface area contributed by atoms with Crippen molar-refractivity contribution in [3.05, 3.63) is 59.7 Å². The number of ether oxygens (including phenoxy) is 1. The predicted molar refractivity (Wildman–Crippen MR) is 74.9 cm³/mol. The van der Waals surface area contributed by atoms with E-state index in [1.54, 1.807) is 24.3 Å². The SMILES string of the molecule is COc1ccc(NC(C(N)=O)c2c(F)cccc2F)cc1. The van der Waals surface area contributed by atoms with Crippen LogP contribution in [-0.4, -0.2) is 13.0 Å². The number of nitrogens with two attached hydrogens (primary N) is 1. The Labute approximate surface area is 120 Å². The number of hydrogen-bond acceptors (Lipinski definition) is 3. The van der Waals surface area contributed by atoms with Crippen molar-refractivity contribution in [2.24, 2.45) is 5.73 Å². The second-order valence-electron chi connectivity index (χ2n) is 4.34. The van der Waals surface area contributed by atoms with Gasteiger partial charge in [0.15, 0.2) is 0 Å². The molecule has 1 atom stereocenters. The third-order valence-corrected chi connectivity index (χ3v) is 2.97. The molecule has 0 fully saturated rings. The number of benzene rings is 2. The molecule has 0 spiro atoms. The zero-order valence-corrected chi connectivity index (χ0v) is 11.3. The van der Waals surface area contributed by atoms with E-state index in [2.05, 4.69) is 5.32 Å². The zero-order valence-electron chi connectivity index (χ0n) is 11.3. The number of rotatable bonds is 5. The highest BCUT2D eigenvalue weighted by Crippen LogP contribution is 2.25. The first-order chi connectivity index (χ1) is 10.0. The van der Waals surface area contributed by atoms with Crippen LogP contribution in [0.15, 0.2) is 42.5 Å². The molecule has 0 saturated heterocycles. The molecule has 1 unspecified atom stereocenters.